The summed E-state index contributed by atoms with van der Waals surface area (Å²) in [5.74, 6) is 1.67. The molecule has 4 heteroatoms. The van der Waals surface area contributed by atoms with Crippen LogP contribution in [0.15, 0.2) is 24.3 Å². The molecule has 1 unspecified atom stereocenters. The van der Waals surface area contributed by atoms with E-state index in [2.05, 4.69) is 23.2 Å². The molecule has 1 aromatic carbocycles. The first-order valence-electron chi connectivity index (χ1n) is 8.16. The molecular formula is C18H22N2O2. The van der Waals surface area contributed by atoms with Gasteiger partial charge in [-0.1, -0.05) is 0 Å². The number of hydrogen-bond acceptors (Lipinski definition) is 3. The summed E-state index contributed by atoms with van der Waals surface area (Å²) in [6.07, 6.45) is 4.46. The Hall–Kier alpha value is -1.81. The van der Waals surface area contributed by atoms with E-state index >= 15 is 0 Å². The highest BCUT2D eigenvalue weighted by Gasteiger charge is 2.33. The number of piperidine rings is 1. The van der Waals surface area contributed by atoms with Gasteiger partial charge in [0.05, 0.1) is 0 Å². The molecule has 0 saturated carbocycles. The number of amides is 1. The Kier molecular flexibility index (Phi) is 3.41. The van der Waals surface area contributed by atoms with Gasteiger partial charge in [-0.05, 0) is 62.1 Å². The van der Waals surface area contributed by atoms with E-state index in [1.54, 1.807) is 0 Å². The van der Waals surface area contributed by atoms with E-state index in [0.717, 1.165) is 35.8 Å². The lowest BCUT2D eigenvalue weighted by Gasteiger charge is -2.30. The van der Waals surface area contributed by atoms with E-state index in [4.69, 9.17) is 4.74 Å². The van der Waals surface area contributed by atoms with Crippen molar-refractivity contribution < 1.29 is 9.53 Å². The van der Waals surface area contributed by atoms with Gasteiger partial charge in [0.25, 0.3) is 5.91 Å². The van der Waals surface area contributed by atoms with Gasteiger partial charge >= 0.3 is 0 Å². The third kappa shape index (κ3) is 2.52. The van der Waals surface area contributed by atoms with Gasteiger partial charge in [-0.2, -0.15) is 0 Å². The molecular weight excluding hydrogens is 276 g/mol. The number of carbonyl (C=O) groups excluding carboxylic acids is 1. The lowest BCUT2D eigenvalue weighted by Crippen LogP contribution is -2.47. The van der Waals surface area contributed by atoms with Crippen molar-refractivity contribution in [1.29, 1.82) is 0 Å². The maximum Gasteiger partial charge on any atom is 0.251 e. The molecule has 3 atom stereocenters. The minimum Gasteiger partial charge on any atom is -0.489 e. The van der Waals surface area contributed by atoms with Crippen LogP contribution >= 0.6 is 0 Å². The molecule has 3 aliphatic rings. The van der Waals surface area contributed by atoms with Crippen molar-refractivity contribution in [2.75, 3.05) is 26.2 Å². The van der Waals surface area contributed by atoms with Crippen molar-refractivity contribution in [3.8, 4) is 5.75 Å². The van der Waals surface area contributed by atoms with Crippen LogP contribution in [0.25, 0.3) is 5.57 Å². The maximum absolute atomic E-state index is 12.5. The Labute approximate surface area is 131 Å². The second kappa shape index (κ2) is 5.43. The van der Waals surface area contributed by atoms with Crippen LogP contribution in [0.2, 0.25) is 0 Å². The van der Waals surface area contributed by atoms with Crippen molar-refractivity contribution in [1.82, 2.24) is 10.2 Å². The van der Waals surface area contributed by atoms with Crippen LogP contribution in [0.5, 0.6) is 5.75 Å². The molecule has 0 radical (unpaired) electrons. The molecule has 1 aromatic rings. The molecule has 116 valence electrons. The van der Waals surface area contributed by atoms with Gasteiger partial charge in [0.1, 0.15) is 12.4 Å². The average molecular weight is 298 g/mol. The second-order valence-electron chi connectivity index (χ2n) is 6.73. The molecule has 3 aliphatic heterocycles. The Balaban J connectivity index is 1.49. The quantitative estimate of drug-likeness (QED) is 0.911. The summed E-state index contributed by atoms with van der Waals surface area (Å²) in [4.78, 5) is 15.0. The highest BCUT2D eigenvalue weighted by atomic mass is 16.5. The van der Waals surface area contributed by atoms with E-state index in [1.165, 1.54) is 25.1 Å². The normalized spacial score (nSPS) is 29.3. The van der Waals surface area contributed by atoms with Crippen molar-refractivity contribution in [2.24, 2.45) is 5.92 Å². The number of nitrogens with one attached hydrogen (secondary N) is 1. The van der Waals surface area contributed by atoms with Gasteiger partial charge in [0, 0.05) is 30.3 Å². The number of benzene rings is 1. The van der Waals surface area contributed by atoms with Crippen molar-refractivity contribution in [3.05, 3.63) is 35.4 Å². The monoisotopic (exact) mass is 298 g/mol. The fourth-order valence-corrected chi connectivity index (χ4v) is 3.90. The van der Waals surface area contributed by atoms with E-state index in [-0.39, 0.29) is 11.9 Å². The molecule has 2 bridgehead atoms. The topological polar surface area (TPSA) is 41.6 Å². The molecule has 1 N–H and O–H groups in total. The Bertz CT molecular complexity index is 626. The van der Waals surface area contributed by atoms with Crippen LogP contribution in [-0.2, 0) is 0 Å². The van der Waals surface area contributed by atoms with Crippen LogP contribution in [0.1, 0.15) is 35.7 Å². The number of hydrogen-bond donors (Lipinski definition) is 1. The minimum atomic E-state index is 0.0358. The fourth-order valence-electron chi connectivity index (χ4n) is 3.90. The maximum atomic E-state index is 12.5. The first-order chi connectivity index (χ1) is 10.7. The van der Waals surface area contributed by atoms with Crippen LogP contribution in [0.4, 0.5) is 0 Å². The summed E-state index contributed by atoms with van der Waals surface area (Å²) in [5, 5.41) is 3.22. The van der Waals surface area contributed by atoms with Crippen molar-refractivity contribution in [3.63, 3.8) is 0 Å². The molecule has 1 amide bonds. The van der Waals surface area contributed by atoms with Gasteiger partial charge in [-0.15, -0.1) is 0 Å². The van der Waals surface area contributed by atoms with Crippen LogP contribution in [0, 0.1) is 5.92 Å². The first kappa shape index (κ1) is 13.8. The summed E-state index contributed by atoms with van der Waals surface area (Å²) in [5.41, 5.74) is 2.94. The molecule has 0 aliphatic carbocycles. The highest BCUT2D eigenvalue weighted by Crippen LogP contribution is 2.31. The molecule has 2 fully saturated rings. The van der Waals surface area contributed by atoms with Crippen LogP contribution in [0.3, 0.4) is 0 Å². The molecule has 22 heavy (non-hydrogen) atoms. The third-order valence-corrected chi connectivity index (χ3v) is 5.10. The second-order valence-corrected chi connectivity index (χ2v) is 6.73. The first-order valence-corrected chi connectivity index (χ1v) is 8.16. The van der Waals surface area contributed by atoms with E-state index in [9.17, 15) is 4.79 Å². The predicted octanol–water partition coefficient (Wildman–Crippen LogP) is 2.31. The highest BCUT2D eigenvalue weighted by molar-refractivity contribution is 5.95. The zero-order valence-electron chi connectivity index (χ0n) is 13.0. The number of rotatable bonds is 2. The Morgan fingerprint density at radius 1 is 1.36 bits per heavy atom. The number of carbonyl (C=O) groups is 1. The van der Waals surface area contributed by atoms with Gasteiger partial charge < -0.3 is 15.0 Å². The molecule has 4 nitrogen and oxygen atoms in total. The van der Waals surface area contributed by atoms with Gasteiger partial charge in [0.2, 0.25) is 0 Å². The number of allylic oxidation sites excluding steroid dienone is 1. The standard InChI is InChI=1S/C18H22N2O2/c1-12-5-7-22-17-3-2-14(9-16(12)17)18(21)19-15-8-13-4-6-20(10-13)11-15/h2-3,5,9,13,15H,4,6-8,10-11H2,1H3,(H,19,21)/t13-,15+/m0/s1. The zero-order chi connectivity index (χ0) is 15.1. The minimum absolute atomic E-state index is 0.0358. The SMILES string of the molecule is CC1=CCOc2ccc(C(=O)N[C@@H]3C[C@@H]4CCN(C4)C3)cc21. The van der Waals surface area contributed by atoms with Crippen LogP contribution < -0.4 is 10.1 Å². The third-order valence-electron chi connectivity index (χ3n) is 5.10. The molecule has 4 rings (SSSR count). The summed E-state index contributed by atoms with van der Waals surface area (Å²) in [6.45, 7) is 6.08. The van der Waals surface area contributed by atoms with Gasteiger partial charge in [-0.3, -0.25) is 4.79 Å². The summed E-state index contributed by atoms with van der Waals surface area (Å²) >= 11 is 0. The van der Waals surface area contributed by atoms with E-state index in [1.807, 2.05) is 18.2 Å². The fraction of sp³-hybridized carbons (Fsp3) is 0.500. The van der Waals surface area contributed by atoms with E-state index in [0.29, 0.717) is 6.61 Å². The van der Waals surface area contributed by atoms with Crippen molar-refractivity contribution >= 4 is 11.5 Å². The Morgan fingerprint density at radius 2 is 2.27 bits per heavy atom. The molecule has 0 aromatic heterocycles. The number of ether oxygens (including phenoxy) is 1. The summed E-state index contributed by atoms with van der Waals surface area (Å²) < 4.78 is 5.60. The van der Waals surface area contributed by atoms with Gasteiger partial charge in [-0.25, -0.2) is 0 Å². The smallest absolute Gasteiger partial charge is 0.251 e. The lowest BCUT2D eigenvalue weighted by atomic mass is 9.96. The molecule has 3 heterocycles. The van der Waals surface area contributed by atoms with E-state index < -0.39 is 0 Å². The van der Waals surface area contributed by atoms with Crippen molar-refractivity contribution in [2.45, 2.75) is 25.8 Å². The number of fused-ring (bicyclic) bond motifs is 3. The summed E-state index contributed by atoms with van der Waals surface area (Å²) in [6, 6.07) is 6.02. The average Bonchev–Trinajstić information content (AvgIpc) is 2.86. The van der Waals surface area contributed by atoms with Gasteiger partial charge in [0.15, 0.2) is 0 Å². The molecule has 0 spiro atoms. The number of nitrogens with zero attached hydrogens (tertiary/aromatic N) is 1. The summed E-state index contributed by atoms with van der Waals surface area (Å²) in [7, 11) is 0. The zero-order valence-corrected chi connectivity index (χ0v) is 13.0. The van der Waals surface area contributed by atoms with Crippen LogP contribution in [-0.4, -0.2) is 43.1 Å². The molecule has 2 saturated heterocycles. The lowest BCUT2D eigenvalue weighted by molar-refractivity contribution is 0.0909. The largest absolute Gasteiger partial charge is 0.489 e. The predicted molar refractivity (Wildman–Crippen MR) is 86.0 cm³/mol. The Morgan fingerprint density at radius 3 is 3.14 bits per heavy atom.